The highest BCUT2D eigenvalue weighted by atomic mass is 35.5. The van der Waals surface area contributed by atoms with Crippen LogP contribution in [0.2, 0.25) is 5.02 Å². The monoisotopic (exact) mass is 376 g/mol. The quantitative estimate of drug-likeness (QED) is 0.692. The number of carbonyl (C=O) groups is 2. The van der Waals surface area contributed by atoms with Crippen molar-refractivity contribution in [2.24, 2.45) is 0 Å². The minimum Gasteiger partial charge on any atom is -0.484 e. The lowest BCUT2D eigenvalue weighted by Crippen LogP contribution is -2.30. The molecule has 0 aromatic heterocycles. The van der Waals surface area contributed by atoms with E-state index >= 15 is 0 Å². The van der Waals surface area contributed by atoms with Crippen molar-refractivity contribution in [1.29, 1.82) is 0 Å². The first kappa shape index (κ1) is 19.5. The van der Waals surface area contributed by atoms with Gasteiger partial charge in [-0.3, -0.25) is 9.59 Å². The highest BCUT2D eigenvalue weighted by Crippen LogP contribution is 2.20. The van der Waals surface area contributed by atoms with E-state index in [0.717, 1.165) is 6.07 Å². The third-order valence-electron chi connectivity index (χ3n) is 3.36. The van der Waals surface area contributed by atoms with E-state index < -0.39 is 11.7 Å². The van der Waals surface area contributed by atoms with Gasteiger partial charge in [0.15, 0.2) is 6.61 Å². The molecule has 0 bridgehead atoms. The normalized spacial score (nSPS) is 10.1. The first-order chi connectivity index (χ1) is 12.5. The van der Waals surface area contributed by atoms with Crippen molar-refractivity contribution in [3.63, 3.8) is 0 Å². The van der Waals surface area contributed by atoms with Crippen molar-refractivity contribution in [2.45, 2.75) is 6.42 Å². The van der Waals surface area contributed by atoms with Gasteiger partial charge in [-0.15, -0.1) is 0 Å². The lowest BCUT2D eigenvalue weighted by atomic mass is 10.2. The van der Waals surface area contributed by atoms with Crippen molar-refractivity contribution in [1.82, 2.24) is 5.32 Å². The highest BCUT2D eigenvalue weighted by molar-refractivity contribution is 6.30. The Kier molecular flexibility index (Phi) is 7.17. The fourth-order valence-corrected chi connectivity index (χ4v) is 2.09. The number of rotatable bonds is 8. The zero-order valence-electron chi connectivity index (χ0n) is 13.9. The van der Waals surface area contributed by atoms with Crippen LogP contribution in [0.15, 0.2) is 60.7 Å². The van der Waals surface area contributed by atoms with Gasteiger partial charge in [0, 0.05) is 23.9 Å². The number of ether oxygens (including phenoxy) is 1. The standard InChI is InChI=1S/C19H18ClFN2O3/c1-13(19(25)23-14-5-3-2-4-6-14)9-10-22-18(24)12-26-15-7-8-16(20)17(21)11-15/h2-8,11H,1,9-10,12H2,(H,22,24)(H,23,25). The second kappa shape index (κ2) is 9.58. The second-order valence-corrected chi connectivity index (χ2v) is 5.80. The fraction of sp³-hybridized carbons (Fsp3) is 0.158. The number of nitrogens with one attached hydrogen (secondary N) is 2. The van der Waals surface area contributed by atoms with Gasteiger partial charge in [-0.25, -0.2) is 4.39 Å². The van der Waals surface area contributed by atoms with E-state index in [0.29, 0.717) is 17.7 Å². The molecule has 2 N–H and O–H groups in total. The average Bonchev–Trinajstić information content (AvgIpc) is 2.63. The Morgan fingerprint density at radius 3 is 2.58 bits per heavy atom. The van der Waals surface area contributed by atoms with Gasteiger partial charge in [-0.05, 0) is 30.7 Å². The van der Waals surface area contributed by atoms with Crippen LogP contribution >= 0.6 is 11.6 Å². The third-order valence-corrected chi connectivity index (χ3v) is 3.67. The van der Waals surface area contributed by atoms with Crippen molar-refractivity contribution in [3.8, 4) is 5.75 Å². The Morgan fingerprint density at radius 1 is 1.15 bits per heavy atom. The van der Waals surface area contributed by atoms with Gasteiger partial charge < -0.3 is 15.4 Å². The summed E-state index contributed by atoms with van der Waals surface area (Å²) in [6.07, 6.45) is 0.292. The van der Waals surface area contributed by atoms with Crippen LogP contribution in [0.1, 0.15) is 6.42 Å². The number of para-hydroxylation sites is 1. The van der Waals surface area contributed by atoms with E-state index in [1.54, 1.807) is 12.1 Å². The Labute approximate surface area is 155 Å². The number of amides is 2. The van der Waals surface area contributed by atoms with E-state index in [4.69, 9.17) is 16.3 Å². The zero-order valence-corrected chi connectivity index (χ0v) is 14.7. The summed E-state index contributed by atoms with van der Waals surface area (Å²) in [7, 11) is 0. The minimum atomic E-state index is -0.620. The lowest BCUT2D eigenvalue weighted by Gasteiger charge is -2.10. The molecule has 0 radical (unpaired) electrons. The number of hydrogen-bond acceptors (Lipinski definition) is 3. The number of hydrogen-bond donors (Lipinski definition) is 2. The summed E-state index contributed by atoms with van der Waals surface area (Å²) >= 11 is 5.57. The van der Waals surface area contributed by atoms with Gasteiger partial charge in [-0.2, -0.15) is 0 Å². The minimum absolute atomic E-state index is 0.0194. The molecule has 0 heterocycles. The Bertz CT molecular complexity index is 797. The van der Waals surface area contributed by atoms with E-state index in [1.807, 2.05) is 18.2 Å². The predicted octanol–water partition coefficient (Wildman–Crippen LogP) is 3.56. The van der Waals surface area contributed by atoms with E-state index in [2.05, 4.69) is 17.2 Å². The van der Waals surface area contributed by atoms with Crippen molar-refractivity contribution < 1.29 is 18.7 Å². The molecule has 0 fully saturated rings. The van der Waals surface area contributed by atoms with Gasteiger partial charge in [-0.1, -0.05) is 36.4 Å². The van der Waals surface area contributed by atoms with Gasteiger partial charge in [0.05, 0.1) is 5.02 Å². The molecular weight excluding hydrogens is 359 g/mol. The molecule has 2 aromatic rings. The van der Waals surface area contributed by atoms with Crippen molar-refractivity contribution in [2.75, 3.05) is 18.5 Å². The molecule has 7 heteroatoms. The van der Waals surface area contributed by atoms with Gasteiger partial charge in [0.25, 0.3) is 11.8 Å². The maximum atomic E-state index is 13.3. The van der Waals surface area contributed by atoms with Gasteiger partial charge in [0.2, 0.25) is 0 Å². The molecular formula is C19H18ClFN2O3. The molecule has 0 saturated carbocycles. The Morgan fingerprint density at radius 2 is 1.88 bits per heavy atom. The van der Waals surface area contributed by atoms with Crippen LogP contribution in [0.3, 0.4) is 0 Å². The van der Waals surface area contributed by atoms with E-state index in [-0.39, 0.29) is 29.8 Å². The number of benzene rings is 2. The summed E-state index contributed by atoms with van der Waals surface area (Å²) in [4.78, 5) is 23.7. The van der Waals surface area contributed by atoms with E-state index in [9.17, 15) is 14.0 Å². The topological polar surface area (TPSA) is 67.4 Å². The lowest BCUT2D eigenvalue weighted by molar-refractivity contribution is -0.123. The SMILES string of the molecule is C=C(CCNC(=O)COc1ccc(Cl)c(F)c1)C(=O)Nc1ccccc1. The highest BCUT2D eigenvalue weighted by Gasteiger charge is 2.09. The molecule has 0 spiro atoms. The maximum Gasteiger partial charge on any atom is 0.257 e. The zero-order chi connectivity index (χ0) is 18.9. The van der Waals surface area contributed by atoms with Crippen molar-refractivity contribution in [3.05, 3.63) is 71.5 Å². The molecule has 2 aromatic carbocycles. The Balaban J connectivity index is 1.68. The Hall–Kier alpha value is -2.86. The third kappa shape index (κ3) is 6.22. The smallest absolute Gasteiger partial charge is 0.257 e. The summed E-state index contributed by atoms with van der Waals surface area (Å²) in [6, 6.07) is 12.9. The summed E-state index contributed by atoms with van der Waals surface area (Å²) in [5, 5.41) is 5.30. The molecule has 2 amide bonds. The molecule has 0 aliphatic rings. The van der Waals surface area contributed by atoms with Crippen LogP contribution in [-0.4, -0.2) is 25.0 Å². The summed E-state index contributed by atoms with van der Waals surface area (Å²) in [5.41, 5.74) is 1.01. The predicted molar refractivity (Wildman–Crippen MR) is 98.7 cm³/mol. The summed E-state index contributed by atoms with van der Waals surface area (Å²) in [5.74, 6) is -1.12. The van der Waals surface area contributed by atoms with E-state index in [1.165, 1.54) is 12.1 Å². The molecule has 2 rings (SSSR count). The number of anilines is 1. The molecule has 26 heavy (non-hydrogen) atoms. The first-order valence-electron chi connectivity index (χ1n) is 7.84. The molecule has 0 aliphatic heterocycles. The molecule has 5 nitrogen and oxygen atoms in total. The van der Waals surface area contributed by atoms with Crippen molar-refractivity contribution >= 4 is 29.1 Å². The molecule has 0 saturated heterocycles. The summed E-state index contributed by atoms with van der Waals surface area (Å²) in [6.45, 7) is 3.67. The fourth-order valence-electron chi connectivity index (χ4n) is 1.97. The first-order valence-corrected chi connectivity index (χ1v) is 8.22. The molecule has 136 valence electrons. The van der Waals surface area contributed by atoms with Crippen LogP contribution in [0.4, 0.5) is 10.1 Å². The van der Waals surface area contributed by atoms with Crippen LogP contribution < -0.4 is 15.4 Å². The molecule has 0 atom stereocenters. The maximum absolute atomic E-state index is 13.3. The van der Waals surface area contributed by atoms with Crippen LogP contribution in [-0.2, 0) is 9.59 Å². The van der Waals surface area contributed by atoms with Crippen LogP contribution in [0.5, 0.6) is 5.75 Å². The van der Waals surface area contributed by atoms with Gasteiger partial charge >= 0.3 is 0 Å². The van der Waals surface area contributed by atoms with Crippen LogP contribution in [0.25, 0.3) is 0 Å². The number of halogens is 2. The molecule has 0 aliphatic carbocycles. The average molecular weight is 377 g/mol. The largest absolute Gasteiger partial charge is 0.484 e. The molecule has 0 unspecified atom stereocenters. The van der Waals surface area contributed by atoms with Gasteiger partial charge in [0.1, 0.15) is 11.6 Å². The number of carbonyl (C=O) groups excluding carboxylic acids is 2. The summed E-state index contributed by atoms with van der Waals surface area (Å²) < 4.78 is 18.4. The van der Waals surface area contributed by atoms with Crippen LogP contribution in [0, 0.1) is 5.82 Å². The second-order valence-electron chi connectivity index (χ2n) is 5.39.